The van der Waals surface area contributed by atoms with Crippen LogP contribution in [0.4, 0.5) is 4.39 Å². The summed E-state index contributed by atoms with van der Waals surface area (Å²) in [6.07, 6.45) is 1.97. The van der Waals surface area contributed by atoms with Crippen LogP contribution in [0.3, 0.4) is 0 Å². The molecule has 0 unspecified atom stereocenters. The molecule has 1 aromatic rings. The van der Waals surface area contributed by atoms with Gasteiger partial charge in [0.15, 0.2) is 0 Å². The Morgan fingerprint density at radius 2 is 2.30 bits per heavy atom. The van der Waals surface area contributed by atoms with Crippen molar-refractivity contribution in [3.63, 3.8) is 0 Å². The van der Waals surface area contributed by atoms with Gasteiger partial charge in [-0.1, -0.05) is 18.2 Å². The lowest BCUT2D eigenvalue weighted by atomic mass is 10.0. The SMILES string of the molecule is COCC(=O)N[C@H]1CCCN(Cc2ccccc2F)C1. The van der Waals surface area contributed by atoms with Gasteiger partial charge in [0.25, 0.3) is 0 Å². The molecule has 0 radical (unpaired) electrons. The average molecular weight is 280 g/mol. The Labute approximate surface area is 118 Å². The van der Waals surface area contributed by atoms with E-state index in [2.05, 4.69) is 10.2 Å². The fourth-order valence-corrected chi connectivity index (χ4v) is 2.58. The molecule has 1 aromatic carbocycles. The highest BCUT2D eigenvalue weighted by Crippen LogP contribution is 2.15. The van der Waals surface area contributed by atoms with Crippen molar-refractivity contribution in [2.75, 3.05) is 26.8 Å². The molecule has 1 aliphatic rings. The lowest BCUT2D eigenvalue weighted by Crippen LogP contribution is -2.48. The first-order valence-electron chi connectivity index (χ1n) is 6.93. The van der Waals surface area contributed by atoms with Crippen molar-refractivity contribution < 1.29 is 13.9 Å². The number of nitrogens with zero attached hydrogens (tertiary/aromatic N) is 1. The van der Waals surface area contributed by atoms with Crippen LogP contribution < -0.4 is 5.32 Å². The molecule has 1 aliphatic heterocycles. The summed E-state index contributed by atoms with van der Waals surface area (Å²) in [5.41, 5.74) is 0.705. The van der Waals surface area contributed by atoms with Crippen molar-refractivity contribution >= 4 is 5.91 Å². The van der Waals surface area contributed by atoms with Crippen LogP contribution in [-0.2, 0) is 16.1 Å². The van der Waals surface area contributed by atoms with Gasteiger partial charge in [-0.15, -0.1) is 0 Å². The van der Waals surface area contributed by atoms with Gasteiger partial charge < -0.3 is 10.1 Å². The maximum atomic E-state index is 13.6. The minimum absolute atomic E-state index is 0.0871. The molecule has 1 saturated heterocycles. The van der Waals surface area contributed by atoms with Crippen LogP contribution >= 0.6 is 0 Å². The number of benzene rings is 1. The van der Waals surface area contributed by atoms with Crippen LogP contribution in [0, 0.1) is 5.82 Å². The van der Waals surface area contributed by atoms with E-state index < -0.39 is 0 Å². The number of hydrogen-bond donors (Lipinski definition) is 1. The van der Waals surface area contributed by atoms with E-state index in [0.717, 1.165) is 25.9 Å². The zero-order chi connectivity index (χ0) is 14.4. The summed E-state index contributed by atoms with van der Waals surface area (Å²) in [5.74, 6) is -0.261. The van der Waals surface area contributed by atoms with Crippen molar-refractivity contribution in [3.05, 3.63) is 35.6 Å². The molecule has 0 saturated carbocycles. The number of ether oxygens (including phenoxy) is 1. The van der Waals surface area contributed by atoms with Crippen LogP contribution in [0.2, 0.25) is 0 Å². The fraction of sp³-hybridized carbons (Fsp3) is 0.533. The van der Waals surface area contributed by atoms with Gasteiger partial charge in [-0.05, 0) is 25.5 Å². The average Bonchev–Trinajstić information content (AvgIpc) is 2.42. The fourth-order valence-electron chi connectivity index (χ4n) is 2.58. The Morgan fingerprint density at radius 1 is 1.50 bits per heavy atom. The minimum Gasteiger partial charge on any atom is -0.375 e. The van der Waals surface area contributed by atoms with Crippen molar-refractivity contribution in [3.8, 4) is 0 Å². The Kier molecular flexibility index (Phi) is 5.49. The van der Waals surface area contributed by atoms with Gasteiger partial charge in [0.1, 0.15) is 12.4 Å². The van der Waals surface area contributed by atoms with E-state index in [-0.39, 0.29) is 24.4 Å². The van der Waals surface area contributed by atoms with Crippen LogP contribution in [-0.4, -0.2) is 43.7 Å². The normalized spacial score (nSPS) is 19.8. The molecule has 2 rings (SSSR count). The molecule has 4 nitrogen and oxygen atoms in total. The highest BCUT2D eigenvalue weighted by molar-refractivity contribution is 5.77. The molecule has 0 bridgehead atoms. The van der Waals surface area contributed by atoms with E-state index in [1.54, 1.807) is 6.07 Å². The second-order valence-corrected chi connectivity index (χ2v) is 5.17. The summed E-state index contributed by atoms with van der Waals surface area (Å²) in [6.45, 7) is 2.36. The topological polar surface area (TPSA) is 41.6 Å². The van der Waals surface area contributed by atoms with E-state index >= 15 is 0 Å². The molecule has 20 heavy (non-hydrogen) atoms. The first kappa shape index (κ1) is 14.9. The number of rotatable bonds is 5. The maximum Gasteiger partial charge on any atom is 0.246 e. The number of carbonyl (C=O) groups is 1. The van der Waals surface area contributed by atoms with Crippen LogP contribution in [0.15, 0.2) is 24.3 Å². The highest BCUT2D eigenvalue weighted by Gasteiger charge is 2.21. The number of hydrogen-bond acceptors (Lipinski definition) is 3. The van der Waals surface area contributed by atoms with E-state index in [1.807, 2.05) is 12.1 Å². The van der Waals surface area contributed by atoms with Crippen LogP contribution in [0.5, 0.6) is 0 Å². The van der Waals surface area contributed by atoms with Gasteiger partial charge in [0.2, 0.25) is 5.91 Å². The van der Waals surface area contributed by atoms with Gasteiger partial charge in [-0.25, -0.2) is 4.39 Å². The maximum absolute atomic E-state index is 13.6. The molecular formula is C15H21FN2O2. The Hall–Kier alpha value is -1.46. The predicted octanol–water partition coefficient (Wildman–Crippen LogP) is 1.55. The number of amides is 1. The van der Waals surface area contributed by atoms with Gasteiger partial charge in [-0.3, -0.25) is 9.69 Å². The Bertz CT molecular complexity index is 453. The van der Waals surface area contributed by atoms with E-state index in [1.165, 1.54) is 13.2 Å². The molecule has 1 heterocycles. The zero-order valence-corrected chi connectivity index (χ0v) is 11.8. The van der Waals surface area contributed by atoms with Gasteiger partial charge >= 0.3 is 0 Å². The second kappa shape index (κ2) is 7.36. The molecule has 0 spiro atoms. The monoisotopic (exact) mass is 280 g/mol. The molecule has 110 valence electrons. The number of likely N-dealkylation sites (tertiary alicyclic amines) is 1. The quantitative estimate of drug-likeness (QED) is 0.890. The molecule has 5 heteroatoms. The molecular weight excluding hydrogens is 259 g/mol. The van der Waals surface area contributed by atoms with Gasteiger partial charge in [0.05, 0.1) is 0 Å². The number of halogens is 1. The Morgan fingerprint density at radius 3 is 3.05 bits per heavy atom. The highest BCUT2D eigenvalue weighted by atomic mass is 19.1. The Balaban J connectivity index is 1.87. The van der Waals surface area contributed by atoms with Crippen molar-refractivity contribution in [1.82, 2.24) is 10.2 Å². The summed E-state index contributed by atoms with van der Waals surface area (Å²) < 4.78 is 18.4. The summed E-state index contributed by atoms with van der Waals surface area (Å²) in [4.78, 5) is 13.7. The van der Waals surface area contributed by atoms with E-state index in [0.29, 0.717) is 12.1 Å². The first-order valence-corrected chi connectivity index (χ1v) is 6.93. The number of nitrogens with one attached hydrogen (secondary N) is 1. The van der Waals surface area contributed by atoms with Crippen LogP contribution in [0.25, 0.3) is 0 Å². The summed E-state index contributed by atoms with van der Waals surface area (Å²) in [7, 11) is 1.50. The molecule has 1 N–H and O–H groups in total. The second-order valence-electron chi connectivity index (χ2n) is 5.17. The largest absolute Gasteiger partial charge is 0.375 e. The smallest absolute Gasteiger partial charge is 0.246 e. The third kappa shape index (κ3) is 4.28. The number of carbonyl (C=O) groups excluding carboxylic acids is 1. The summed E-state index contributed by atoms with van der Waals surface area (Å²) >= 11 is 0. The van der Waals surface area contributed by atoms with E-state index in [4.69, 9.17) is 4.74 Å². The van der Waals surface area contributed by atoms with Crippen molar-refractivity contribution in [1.29, 1.82) is 0 Å². The van der Waals surface area contributed by atoms with Gasteiger partial charge in [-0.2, -0.15) is 0 Å². The van der Waals surface area contributed by atoms with Crippen molar-refractivity contribution in [2.24, 2.45) is 0 Å². The van der Waals surface area contributed by atoms with Crippen molar-refractivity contribution in [2.45, 2.75) is 25.4 Å². The predicted molar refractivity (Wildman–Crippen MR) is 74.7 cm³/mol. The summed E-state index contributed by atoms with van der Waals surface area (Å²) in [6, 6.07) is 6.96. The molecule has 1 amide bonds. The lowest BCUT2D eigenvalue weighted by molar-refractivity contribution is -0.125. The number of piperidine rings is 1. The zero-order valence-electron chi connectivity index (χ0n) is 11.8. The molecule has 1 atom stereocenters. The van der Waals surface area contributed by atoms with E-state index in [9.17, 15) is 9.18 Å². The number of methoxy groups -OCH3 is 1. The molecule has 0 aliphatic carbocycles. The minimum atomic E-state index is -0.168. The molecule has 0 aromatic heterocycles. The van der Waals surface area contributed by atoms with Crippen LogP contribution in [0.1, 0.15) is 18.4 Å². The summed E-state index contributed by atoms with van der Waals surface area (Å²) in [5, 5.41) is 2.95. The third-order valence-corrected chi connectivity index (χ3v) is 3.50. The first-order chi connectivity index (χ1) is 9.69. The standard InChI is InChI=1S/C15H21FN2O2/c1-20-11-15(19)17-13-6-4-8-18(10-13)9-12-5-2-3-7-14(12)16/h2-3,5,7,13H,4,6,8-11H2,1H3,(H,17,19)/t13-/m0/s1. The molecule has 1 fully saturated rings. The lowest BCUT2D eigenvalue weighted by Gasteiger charge is -2.33. The third-order valence-electron chi connectivity index (χ3n) is 3.50. The van der Waals surface area contributed by atoms with Gasteiger partial charge in [0, 0.05) is 31.8 Å².